The summed E-state index contributed by atoms with van der Waals surface area (Å²) in [7, 11) is 2.97. The van der Waals surface area contributed by atoms with Gasteiger partial charge in [-0.3, -0.25) is 4.79 Å². The van der Waals surface area contributed by atoms with Crippen LogP contribution in [0.2, 0.25) is 5.02 Å². The summed E-state index contributed by atoms with van der Waals surface area (Å²) in [5.74, 6) is 1.42. The summed E-state index contributed by atoms with van der Waals surface area (Å²) >= 11 is 6.08. The largest absolute Gasteiger partial charge is 0.495 e. The zero-order valence-corrected chi connectivity index (χ0v) is 15.4. The van der Waals surface area contributed by atoms with Gasteiger partial charge in [-0.1, -0.05) is 11.6 Å². The first kappa shape index (κ1) is 18.5. The number of benzene rings is 1. The molecule has 2 N–H and O–H groups in total. The molecule has 0 unspecified atom stereocenters. The van der Waals surface area contributed by atoms with Gasteiger partial charge < -0.3 is 24.5 Å². The van der Waals surface area contributed by atoms with Gasteiger partial charge in [0.15, 0.2) is 0 Å². The number of hydrogen-bond acceptors (Lipinski definition) is 7. The minimum atomic E-state index is -0.430. The van der Waals surface area contributed by atoms with Gasteiger partial charge in [-0.15, -0.1) is 0 Å². The van der Waals surface area contributed by atoms with Gasteiger partial charge in [0.25, 0.3) is 5.91 Å². The molecule has 140 valence electrons. The number of rotatable bonds is 7. The van der Waals surface area contributed by atoms with Crippen LogP contribution in [0.15, 0.2) is 47.2 Å². The number of nitrogens with zero attached hydrogens (tertiary/aromatic N) is 2. The van der Waals surface area contributed by atoms with Crippen molar-refractivity contribution >= 4 is 29.1 Å². The van der Waals surface area contributed by atoms with Crippen LogP contribution in [0, 0.1) is 0 Å². The minimum Gasteiger partial charge on any atom is -0.495 e. The molecule has 0 bridgehead atoms. The summed E-state index contributed by atoms with van der Waals surface area (Å²) in [5, 5.41) is 6.11. The lowest BCUT2D eigenvalue weighted by Gasteiger charge is -2.13. The molecule has 0 atom stereocenters. The highest BCUT2D eigenvalue weighted by Crippen LogP contribution is 2.36. The minimum absolute atomic E-state index is 0.183. The van der Waals surface area contributed by atoms with E-state index >= 15 is 0 Å². The average molecular weight is 389 g/mol. The topological polar surface area (TPSA) is 98.5 Å². The second kappa shape index (κ2) is 8.41. The van der Waals surface area contributed by atoms with E-state index in [1.165, 1.54) is 26.5 Å². The van der Waals surface area contributed by atoms with Crippen LogP contribution in [0.3, 0.4) is 0 Å². The monoisotopic (exact) mass is 388 g/mol. The van der Waals surface area contributed by atoms with Gasteiger partial charge in [0.05, 0.1) is 37.7 Å². The Morgan fingerprint density at radius 2 is 2.04 bits per heavy atom. The normalized spacial score (nSPS) is 10.3. The third-order valence-electron chi connectivity index (χ3n) is 3.61. The van der Waals surface area contributed by atoms with Crippen molar-refractivity contribution in [3.63, 3.8) is 0 Å². The van der Waals surface area contributed by atoms with Gasteiger partial charge in [-0.25, -0.2) is 9.97 Å². The number of aromatic nitrogens is 2. The Hall–Kier alpha value is -3.26. The van der Waals surface area contributed by atoms with Crippen LogP contribution in [-0.2, 0) is 6.54 Å². The van der Waals surface area contributed by atoms with E-state index < -0.39 is 5.91 Å². The van der Waals surface area contributed by atoms with E-state index in [2.05, 4.69) is 20.6 Å². The molecule has 0 spiro atoms. The lowest BCUT2D eigenvalue weighted by atomic mass is 10.2. The summed E-state index contributed by atoms with van der Waals surface area (Å²) in [6.45, 7) is 0.403. The summed E-state index contributed by atoms with van der Waals surface area (Å²) in [6, 6.07) is 8.26. The Bertz CT molecular complexity index is 931. The number of methoxy groups -OCH3 is 2. The van der Waals surface area contributed by atoms with Crippen molar-refractivity contribution in [3.05, 3.63) is 59.3 Å². The van der Waals surface area contributed by atoms with Gasteiger partial charge >= 0.3 is 0 Å². The Balaban J connectivity index is 1.75. The Labute approximate surface area is 160 Å². The molecule has 1 aromatic carbocycles. The van der Waals surface area contributed by atoms with Crippen molar-refractivity contribution in [2.45, 2.75) is 6.54 Å². The molecule has 3 aromatic rings. The van der Waals surface area contributed by atoms with Crippen LogP contribution in [-0.4, -0.2) is 30.1 Å². The molecular formula is C18H17ClN4O4. The number of amides is 1. The molecule has 0 aliphatic carbocycles. The number of halogens is 1. The van der Waals surface area contributed by atoms with Crippen molar-refractivity contribution in [1.29, 1.82) is 0 Å². The molecule has 1 amide bonds. The van der Waals surface area contributed by atoms with Gasteiger partial charge in [0.2, 0.25) is 5.95 Å². The van der Waals surface area contributed by atoms with Crippen LogP contribution in [0.25, 0.3) is 0 Å². The van der Waals surface area contributed by atoms with E-state index in [0.717, 1.165) is 5.76 Å². The molecule has 3 rings (SSSR count). The third kappa shape index (κ3) is 4.48. The number of carbonyl (C=O) groups excluding carboxylic acids is 1. The first-order valence-corrected chi connectivity index (χ1v) is 8.30. The molecule has 0 saturated carbocycles. The molecule has 0 saturated heterocycles. The van der Waals surface area contributed by atoms with Crippen molar-refractivity contribution in [1.82, 2.24) is 9.97 Å². The summed E-state index contributed by atoms with van der Waals surface area (Å²) in [4.78, 5) is 20.9. The highest BCUT2D eigenvalue weighted by Gasteiger charge is 2.15. The standard InChI is InChI=1S/C18H17ClN4O4/c1-25-15-9-14(16(26-2)8-12(15)19)22-17(24)13-5-6-20-18(23-13)21-10-11-4-3-7-27-11/h3-9H,10H2,1-2H3,(H,22,24)(H,20,21,23). The molecule has 0 fully saturated rings. The first-order chi connectivity index (χ1) is 13.1. The molecule has 27 heavy (non-hydrogen) atoms. The number of carbonyl (C=O) groups is 1. The predicted molar refractivity (Wildman–Crippen MR) is 101 cm³/mol. The van der Waals surface area contributed by atoms with E-state index in [9.17, 15) is 4.79 Å². The SMILES string of the molecule is COc1cc(NC(=O)c2ccnc(NCc3ccco3)n2)c(OC)cc1Cl. The maximum absolute atomic E-state index is 12.6. The maximum Gasteiger partial charge on any atom is 0.274 e. The number of ether oxygens (including phenoxy) is 2. The summed E-state index contributed by atoms with van der Waals surface area (Å²) < 4.78 is 15.7. The third-order valence-corrected chi connectivity index (χ3v) is 3.91. The van der Waals surface area contributed by atoms with Gasteiger partial charge in [0.1, 0.15) is 23.0 Å². The molecule has 2 heterocycles. The second-order valence-electron chi connectivity index (χ2n) is 5.34. The molecule has 0 aliphatic heterocycles. The van der Waals surface area contributed by atoms with Crippen LogP contribution >= 0.6 is 11.6 Å². The van der Waals surface area contributed by atoms with Crippen molar-refractivity contribution in [3.8, 4) is 11.5 Å². The zero-order valence-electron chi connectivity index (χ0n) is 14.7. The molecule has 2 aromatic heterocycles. The van der Waals surface area contributed by atoms with Crippen LogP contribution < -0.4 is 20.1 Å². The maximum atomic E-state index is 12.6. The molecule has 0 aliphatic rings. The lowest BCUT2D eigenvalue weighted by molar-refractivity contribution is 0.102. The molecular weight excluding hydrogens is 372 g/mol. The Kier molecular flexibility index (Phi) is 5.77. The number of anilines is 2. The molecule has 8 nitrogen and oxygen atoms in total. The van der Waals surface area contributed by atoms with Gasteiger partial charge in [-0.05, 0) is 18.2 Å². The Morgan fingerprint density at radius 1 is 1.22 bits per heavy atom. The average Bonchev–Trinajstić information content (AvgIpc) is 3.21. The van der Waals surface area contributed by atoms with Crippen molar-refractivity contribution in [2.24, 2.45) is 0 Å². The highest BCUT2D eigenvalue weighted by molar-refractivity contribution is 6.32. The lowest BCUT2D eigenvalue weighted by Crippen LogP contribution is -2.16. The fraction of sp³-hybridized carbons (Fsp3) is 0.167. The van der Waals surface area contributed by atoms with Crippen LogP contribution in [0.4, 0.5) is 11.6 Å². The number of nitrogens with one attached hydrogen (secondary N) is 2. The van der Waals surface area contributed by atoms with E-state index in [4.69, 9.17) is 25.5 Å². The first-order valence-electron chi connectivity index (χ1n) is 7.93. The zero-order chi connectivity index (χ0) is 19.2. The van der Waals surface area contributed by atoms with E-state index in [1.807, 2.05) is 6.07 Å². The van der Waals surface area contributed by atoms with Crippen LogP contribution in [0.1, 0.15) is 16.2 Å². The van der Waals surface area contributed by atoms with Crippen molar-refractivity contribution < 1.29 is 18.7 Å². The fourth-order valence-corrected chi connectivity index (χ4v) is 2.52. The second-order valence-corrected chi connectivity index (χ2v) is 5.75. The predicted octanol–water partition coefficient (Wildman–Crippen LogP) is 3.60. The van der Waals surface area contributed by atoms with Gasteiger partial charge in [0, 0.05) is 18.3 Å². The van der Waals surface area contributed by atoms with Gasteiger partial charge in [-0.2, -0.15) is 0 Å². The highest BCUT2D eigenvalue weighted by atomic mass is 35.5. The van der Waals surface area contributed by atoms with E-state index in [-0.39, 0.29) is 5.69 Å². The Morgan fingerprint density at radius 3 is 2.74 bits per heavy atom. The van der Waals surface area contributed by atoms with Crippen molar-refractivity contribution in [2.75, 3.05) is 24.9 Å². The quantitative estimate of drug-likeness (QED) is 0.637. The summed E-state index contributed by atoms with van der Waals surface area (Å²) in [6.07, 6.45) is 3.07. The summed E-state index contributed by atoms with van der Waals surface area (Å²) in [5.41, 5.74) is 0.593. The smallest absolute Gasteiger partial charge is 0.274 e. The molecule has 9 heteroatoms. The molecule has 0 radical (unpaired) electrons. The fourth-order valence-electron chi connectivity index (χ4n) is 2.29. The number of hydrogen-bond donors (Lipinski definition) is 2. The number of furan rings is 1. The van der Waals surface area contributed by atoms with E-state index in [1.54, 1.807) is 24.5 Å². The van der Waals surface area contributed by atoms with E-state index in [0.29, 0.717) is 34.7 Å². The van der Waals surface area contributed by atoms with Crippen LogP contribution in [0.5, 0.6) is 11.5 Å².